The molecule has 3 heteroatoms. The first-order chi connectivity index (χ1) is 8.45. The summed E-state index contributed by atoms with van der Waals surface area (Å²) >= 11 is 0. The number of hydrogen-bond donors (Lipinski definition) is 0. The summed E-state index contributed by atoms with van der Waals surface area (Å²) in [5, 5.41) is 0. The van der Waals surface area contributed by atoms with Gasteiger partial charge in [0.2, 0.25) is 0 Å². The Bertz CT molecular complexity index is 375. The molecule has 0 spiro atoms. The van der Waals surface area contributed by atoms with Gasteiger partial charge in [0.15, 0.2) is 0 Å². The van der Waals surface area contributed by atoms with Crippen molar-refractivity contribution in [2.24, 2.45) is 0 Å². The average molecular weight is 225 g/mol. The van der Waals surface area contributed by atoms with Crippen LogP contribution >= 0.6 is 0 Å². The molecule has 0 unspecified atom stereocenters. The van der Waals surface area contributed by atoms with Gasteiger partial charge in [0, 0.05) is 0 Å². The van der Waals surface area contributed by atoms with E-state index in [0.717, 1.165) is 11.1 Å². The standard InChI is InChI=1S/C14H14BO2/c1-3-7-13(8-4-1)11-16-15-17-12-14-9-5-2-6-10-14/h1-10H,11-12H2. The van der Waals surface area contributed by atoms with Gasteiger partial charge in [0.1, 0.15) is 0 Å². The van der Waals surface area contributed by atoms with Gasteiger partial charge in [0.25, 0.3) is 0 Å². The summed E-state index contributed by atoms with van der Waals surface area (Å²) in [4.78, 5) is 0. The maximum atomic E-state index is 5.29. The summed E-state index contributed by atoms with van der Waals surface area (Å²) in [5.41, 5.74) is 2.26. The highest BCUT2D eigenvalue weighted by Crippen LogP contribution is 2.02. The highest BCUT2D eigenvalue weighted by molar-refractivity contribution is 6.17. The molecule has 0 aliphatic carbocycles. The summed E-state index contributed by atoms with van der Waals surface area (Å²) < 4.78 is 10.6. The molecule has 0 N–H and O–H groups in total. The molecule has 0 amide bonds. The molecular weight excluding hydrogens is 211 g/mol. The van der Waals surface area contributed by atoms with Gasteiger partial charge in [-0.15, -0.1) is 0 Å². The fourth-order valence-electron chi connectivity index (χ4n) is 1.46. The van der Waals surface area contributed by atoms with Crippen LogP contribution in [-0.4, -0.2) is 7.69 Å². The van der Waals surface area contributed by atoms with E-state index in [1.807, 2.05) is 60.7 Å². The van der Waals surface area contributed by atoms with Crippen molar-refractivity contribution < 1.29 is 9.31 Å². The first-order valence-corrected chi connectivity index (χ1v) is 5.58. The molecule has 1 radical (unpaired) electrons. The lowest BCUT2D eigenvalue weighted by Gasteiger charge is -2.04. The van der Waals surface area contributed by atoms with Crippen molar-refractivity contribution in [2.45, 2.75) is 13.2 Å². The van der Waals surface area contributed by atoms with Crippen LogP contribution in [0.3, 0.4) is 0 Å². The van der Waals surface area contributed by atoms with Crippen LogP contribution < -0.4 is 0 Å². The molecule has 0 aliphatic rings. The lowest BCUT2D eigenvalue weighted by atomic mass is 10.2. The molecular formula is C14H14BO2. The maximum Gasteiger partial charge on any atom is 0.488 e. The molecule has 2 rings (SSSR count). The van der Waals surface area contributed by atoms with E-state index in [-0.39, 0.29) is 0 Å². The Hall–Kier alpha value is -1.58. The van der Waals surface area contributed by atoms with Gasteiger partial charge in [-0.25, -0.2) is 0 Å². The van der Waals surface area contributed by atoms with E-state index in [0.29, 0.717) is 13.2 Å². The zero-order valence-electron chi connectivity index (χ0n) is 9.58. The molecule has 85 valence electrons. The van der Waals surface area contributed by atoms with Gasteiger partial charge in [-0.1, -0.05) is 60.7 Å². The summed E-state index contributed by atoms with van der Waals surface area (Å²) in [7, 11) is 1.40. The zero-order chi connectivity index (χ0) is 11.8. The Kier molecular flexibility index (Phi) is 4.82. The van der Waals surface area contributed by atoms with E-state index in [1.54, 1.807) is 0 Å². The number of rotatable bonds is 6. The third-order valence-corrected chi connectivity index (χ3v) is 2.32. The quantitative estimate of drug-likeness (QED) is 0.555. The van der Waals surface area contributed by atoms with Gasteiger partial charge in [-0.05, 0) is 11.1 Å². The summed E-state index contributed by atoms with van der Waals surface area (Å²) in [6.07, 6.45) is 0. The average Bonchev–Trinajstić information content (AvgIpc) is 2.41. The van der Waals surface area contributed by atoms with Gasteiger partial charge in [-0.2, -0.15) is 0 Å². The highest BCUT2D eigenvalue weighted by atomic mass is 16.6. The monoisotopic (exact) mass is 225 g/mol. The van der Waals surface area contributed by atoms with E-state index in [2.05, 4.69) is 0 Å². The Balaban J connectivity index is 1.61. The lowest BCUT2D eigenvalue weighted by molar-refractivity contribution is 0.207. The first kappa shape index (κ1) is 11.9. The molecule has 0 saturated heterocycles. The van der Waals surface area contributed by atoms with E-state index in [4.69, 9.17) is 9.31 Å². The minimum absolute atomic E-state index is 0.537. The van der Waals surface area contributed by atoms with E-state index in [9.17, 15) is 0 Å². The van der Waals surface area contributed by atoms with Crippen LogP contribution in [0.5, 0.6) is 0 Å². The second-order valence-corrected chi connectivity index (χ2v) is 3.69. The van der Waals surface area contributed by atoms with Crippen LogP contribution in [0.15, 0.2) is 60.7 Å². The van der Waals surface area contributed by atoms with Crippen LogP contribution in [-0.2, 0) is 22.5 Å². The van der Waals surface area contributed by atoms with Gasteiger partial charge < -0.3 is 9.31 Å². The molecule has 0 saturated carbocycles. The van der Waals surface area contributed by atoms with Crippen molar-refractivity contribution in [1.82, 2.24) is 0 Å². The molecule has 0 aromatic heterocycles. The van der Waals surface area contributed by atoms with Crippen molar-refractivity contribution in [3.63, 3.8) is 0 Å². The van der Waals surface area contributed by atoms with Crippen LogP contribution in [0.1, 0.15) is 11.1 Å². The van der Waals surface area contributed by atoms with Crippen LogP contribution in [0.4, 0.5) is 0 Å². The van der Waals surface area contributed by atoms with Crippen molar-refractivity contribution >= 4 is 7.69 Å². The minimum Gasteiger partial charge on any atom is -0.409 e. The van der Waals surface area contributed by atoms with Gasteiger partial charge >= 0.3 is 7.69 Å². The lowest BCUT2D eigenvalue weighted by Crippen LogP contribution is -2.04. The molecule has 17 heavy (non-hydrogen) atoms. The summed E-state index contributed by atoms with van der Waals surface area (Å²) in [5.74, 6) is 0. The van der Waals surface area contributed by atoms with Crippen molar-refractivity contribution in [1.29, 1.82) is 0 Å². The van der Waals surface area contributed by atoms with E-state index < -0.39 is 0 Å². The van der Waals surface area contributed by atoms with E-state index >= 15 is 0 Å². The maximum absolute atomic E-state index is 5.29. The number of benzene rings is 2. The highest BCUT2D eigenvalue weighted by Gasteiger charge is 1.97. The summed E-state index contributed by atoms with van der Waals surface area (Å²) in [6.45, 7) is 1.07. The third kappa shape index (κ3) is 4.43. The predicted octanol–water partition coefficient (Wildman–Crippen LogP) is 2.95. The molecule has 0 fully saturated rings. The minimum atomic E-state index is 0.537. The van der Waals surface area contributed by atoms with Gasteiger partial charge in [0.05, 0.1) is 13.2 Å². The molecule has 0 aliphatic heterocycles. The molecule has 0 heterocycles. The van der Waals surface area contributed by atoms with Crippen LogP contribution in [0.2, 0.25) is 0 Å². The van der Waals surface area contributed by atoms with Crippen LogP contribution in [0, 0.1) is 0 Å². The smallest absolute Gasteiger partial charge is 0.409 e. The van der Waals surface area contributed by atoms with Gasteiger partial charge in [-0.3, -0.25) is 0 Å². The number of hydrogen-bond acceptors (Lipinski definition) is 2. The topological polar surface area (TPSA) is 18.5 Å². The van der Waals surface area contributed by atoms with Crippen molar-refractivity contribution in [2.75, 3.05) is 0 Å². The Morgan fingerprint density at radius 1 is 0.647 bits per heavy atom. The molecule has 0 atom stereocenters. The Morgan fingerprint density at radius 3 is 1.47 bits per heavy atom. The third-order valence-electron chi connectivity index (χ3n) is 2.32. The zero-order valence-corrected chi connectivity index (χ0v) is 9.58. The van der Waals surface area contributed by atoms with E-state index in [1.165, 1.54) is 7.69 Å². The molecule has 0 bridgehead atoms. The second-order valence-electron chi connectivity index (χ2n) is 3.69. The molecule has 2 aromatic rings. The Labute approximate surface area is 103 Å². The molecule has 2 aromatic carbocycles. The molecule has 2 nitrogen and oxygen atoms in total. The largest absolute Gasteiger partial charge is 0.488 e. The fourth-order valence-corrected chi connectivity index (χ4v) is 1.46. The van der Waals surface area contributed by atoms with Crippen molar-refractivity contribution in [3.8, 4) is 0 Å². The Morgan fingerprint density at radius 2 is 1.06 bits per heavy atom. The second kappa shape index (κ2) is 6.89. The summed E-state index contributed by atoms with van der Waals surface area (Å²) in [6, 6.07) is 20.0. The first-order valence-electron chi connectivity index (χ1n) is 5.58. The predicted molar refractivity (Wildman–Crippen MR) is 68.2 cm³/mol. The fraction of sp³-hybridized carbons (Fsp3) is 0.143. The van der Waals surface area contributed by atoms with Crippen molar-refractivity contribution in [3.05, 3.63) is 71.8 Å². The SMILES string of the molecule is [B](OCc1ccccc1)OCc1ccccc1. The van der Waals surface area contributed by atoms with Crippen LogP contribution in [0.25, 0.3) is 0 Å². The normalized spacial score (nSPS) is 10.1.